The Morgan fingerprint density at radius 2 is 2.00 bits per heavy atom. The predicted octanol–water partition coefficient (Wildman–Crippen LogP) is 0.916. The van der Waals surface area contributed by atoms with Crippen molar-refractivity contribution in [2.75, 3.05) is 43.5 Å². The van der Waals surface area contributed by atoms with Gasteiger partial charge in [0.2, 0.25) is 5.91 Å². The van der Waals surface area contributed by atoms with Gasteiger partial charge >= 0.3 is 5.97 Å². The van der Waals surface area contributed by atoms with Gasteiger partial charge in [-0.25, -0.2) is 0 Å². The maximum atomic E-state index is 12.3. The number of carbonyl (C=O) groups is 3. The number of hydrogen-bond donors (Lipinski definition) is 0. The van der Waals surface area contributed by atoms with E-state index < -0.39 is 12.1 Å². The number of fused-ring (bicyclic) bond motifs is 1. The number of carbonyl (C=O) groups excluding carboxylic acids is 3. The molecule has 0 aliphatic carbocycles. The molecule has 1 atom stereocenters. The second kappa shape index (κ2) is 7.88. The molecule has 0 saturated carbocycles. The van der Waals surface area contributed by atoms with E-state index in [9.17, 15) is 14.4 Å². The molecule has 2 aliphatic rings. The smallest absolute Gasteiger partial charge is 0.326 e. The van der Waals surface area contributed by atoms with Crippen LogP contribution in [-0.2, 0) is 23.9 Å². The van der Waals surface area contributed by atoms with Crippen LogP contribution in [-0.4, -0.2) is 67.4 Å². The molecule has 7 nitrogen and oxygen atoms in total. The number of para-hydroxylation sites is 1. The summed E-state index contributed by atoms with van der Waals surface area (Å²) >= 11 is 1.45. The first-order chi connectivity index (χ1) is 12.1. The molecule has 0 spiro atoms. The lowest BCUT2D eigenvalue weighted by Gasteiger charge is -2.30. The Morgan fingerprint density at radius 3 is 2.76 bits per heavy atom. The van der Waals surface area contributed by atoms with Crippen LogP contribution in [0, 0.1) is 0 Å². The Morgan fingerprint density at radius 1 is 1.28 bits per heavy atom. The van der Waals surface area contributed by atoms with Crippen LogP contribution >= 0.6 is 11.8 Å². The number of morpholine rings is 1. The van der Waals surface area contributed by atoms with Crippen LogP contribution in [0.25, 0.3) is 0 Å². The number of ether oxygens (including phenoxy) is 2. The van der Waals surface area contributed by atoms with Gasteiger partial charge < -0.3 is 14.4 Å². The van der Waals surface area contributed by atoms with Crippen LogP contribution in [0.5, 0.6) is 0 Å². The van der Waals surface area contributed by atoms with Crippen molar-refractivity contribution in [3.63, 3.8) is 0 Å². The van der Waals surface area contributed by atoms with Crippen LogP contribution in [0.1, 0.15) is 6.92 Å². The van der Waals surface area contributed by atoms with Gasteiger partial charge in [0.1, 0.15) is 6.54 Å². The third-order valence-corrected chi connectivity index (χ3v) is 5.12. The topological polar surface area (TPSA) is 76.2 Å². The van der Waals surface area contributed by atoms with E-state index in [2.05, 4.69) is 0 Å². The Labute approximate surface area is 150 Å². The number of esters is 1. The molecule has 25 heavy (non-hydrogen) atoms. The predicted molar refractivity (Wildman–Crippen MR) is 92.5 cm³/mol. The van der Waals surface area contributed by atoms with Gasteiger partial charge in [0.25, 0.3) is 5.91 Å². The molecule has 2 aliphatic heterocycles. The summed E-state index contributed by atoms with van der Waals surface area (Å²) in [4.78, 5) is 40.7. The average Bonchev–Trinajstić information content (AvgIpc) is 2.64. The first-order valence-corrected chi connectivity index (χ1v) is 9.13. The average molecular weight is 364 g/mol. The van der Waals surface area contributed by atoms with Crippen LogP contribution in [0.3, 0.4) is 0 Å². The minimum Gasteiger partial charge on any atom is -0.451 e. The highest BCUT2D eigenvalue weighted by Crippen LogP contribution is 2.34. The zero-order valence-corrected chi connectivity index (χ0v) is 14.8. The molecular formula is C17H20N2O5S. The van der Waals surface area contributed by atoms with Crippen molar-refractivity contribution in [1.82, 2.24) is 4.90 Å². The summed E-state index contributed by atoms with van der Waals surface area (Å²) in [6.07, 6.45) is -0.880. The van der Waals surface area contributed by atoms with E-state index in [1.165, 1.54) is 16.7 Å². The lowest BCUT2D eigenvalue weighted by atomic mass is 10.2. The summed E-state index contributed by atoms with van der Waals surface area (Å²) in [5, 5.41) is 0. The first kappa shape index (κ1) is 17.8. The SMILES string of the molecule is CC(OC(=O)CN1C(=O)CSc2ccccc21)C(=O)N1CCOCC1. The van der Waals surface area contributed by atoms with Gasteiger partial charge in [-0.05, 0) is 19.1 Å². The number of benzene rings is 1. The molecule has 0 radical (unpaired) electrons. The Hall–Kier alpha value is -2.06. The monoisotopic (exact) mass is 364 g/mol. The molecule has 1 fully saturated rings. The van der Waals surface area contributed by atoms with Crippen molar-refractivity contribution in [2.45, 2.75) is 17.9 Å². The number of thioether (sulfide) groups is 1. The van der Waals surface area contributed by atoms with E-state index in [-0.39, 0.29) is 24.1 Å². The van der Waals surface area contributed by atoms with Gasteiger partial charge in [-0.2, -0.15) is 0 Å². The van der Waals surface area contributed by atoms with Crippen molar-refractivity contribution in [3.05, 3.63) is 24.3 Å². The highest BCUT2D eigenvalue weighted by atomic mass is 32.2. The lowest BCUT2D eigenvalue weighted by Crippen LogP contribution is -2.47. The molecule has 1 aromatic rings. The molecule has 1 saturated heterocycles. The summed E-state index contributed by atoms with van der Waals surface area (Å²) in [6.45, 7) is 3.33. The summed E-state index contributed by atoms with van der Waals surface area (Å²) in [7, 11) is 0. The van der Waals surface area contributed by atoms with Gasteiger partial charge in [0.05, 0.1) is 24.7 Å². The molecule has 2 amide bonds. The largest absolute Gasteiger partial charge is 0.451 e. The van der Waals surface area contributed by atoms with E-state index in [1.807, 2.05) is 18.2 Å². The van der Waals surface area contributed by atoms with Crippen LogP contribution in [0.2, 0.25) is 0 Å². The second-order valence-corrected chi connectivity index (χ2v) is 6.82. The van der Waals surface area contributed by atoms with Crippen LogP contribution in [0.4, 0.5) is 5.69 Å². The van der Waals surface area contributed by atoms with E-state index in [4.69, 9.17) is 9.47 Å². The number of rotatable bonds is 4. The molecule has 0 bridgehead atoms. The minimum absolute atomic E-state index is 0.146. The standard InChI is InChI=1S/C17H20N2O5S/c1-12(17(22)18-6-8-23-9-7-18)24-16(21)10-19-13-4-2-3-5-14(13)25-11-15(19)20/h2-5,12H,6-11H2,1H3. The van der Waals surface area contributed by atoms with Crippen molar-refractivity contribution in [2.24, 2.45) is 0 Å². The van der Waals surface area contributed by atoms with Crippen LogP contribution < -0.4 is 4.90 Å². The Balaban J connectivity index is 1.60. The van der Waals surface area contributed by atoms with Crippen molar-refractivity contribution < 1.29 is 23.9 Å². The third-order valence-electron chi connectivity index (χ3n) is 4.07. The van der Waals surface area contributed by atoms with E-state index >= 15 is 0 Å². The van der Waals surface area contributed by atoms with Gasteiger partial charge in [0.15, 0.2) is 6.10 Å². The van der Waals surface area contributed by atoms with E-state index in [1.54, 1.807) is 17.9 Å². The number of anilines is 1. The minimum atomic E-state index is -0.880. The zero-order chi connectivity index (χ0) is 17.8. The van der Waals surface area contributed by atoms with E-state index in [0.29, 0.717) is 32.0 Å². The summed E-state index contributed by atoms with van der Waals surface area (Å²) in [5.74, 6) is -0.693. The first-order valence-electron chi connectivity index (χ1n) is 8.14. The molecule has 2 heterocycles. The molecule has 3 rings (SSSR count). The molecular weight excluding hydrogens is 344 g/mol. The summed E-state index contributed by atoms with van der Waals surface area (Å²) < 4.78 is 10.5. The Kier molecular flexibility index (Phi) is 5.60. The van der Waals surface area contributed by atoms with Crippen molar-refractivity contribution >= 4 is 35.2 Å². The molecule has 0 N–H and O–H groups in total. The zero-order valence-electron chi connectivity index (χ0n) is 14.0. The molecule has 8 heteroatoms. The van der Waals surface area contributed by atoms with Gasteiger partial charge in [0, 0.05) is 18.0 Å². The molecule has 1 unspecified atom stereocenters. The van der Waals surface area contributed by atoms with Gasteiger partial charge in [-0.3, -0.25) is 19.3 Å². The molecule has 0 aromatic heterocycles. The van der Waals surface area contributed by atoms with E-state index in [0.717, 1.165) is 4.90 Å². The maximum Gasteiger partial charge on any atom is 0.326 e. The van der Waals surface area contributed by atoms with Gasteiger partial charge in [-0.15, -0.1) is 11.8 Å². The molecule has 1 aromatic carbocycles. The second-order valence-electron chi connectivity index (χ2n) is 5.81. The van der Waals surface area contributed by atoms with Gasteiger partial charge in [-0.1, -0.05) is 12.1 Å². The highest BCUT2D eigenvalue weighted by Gasteiger charge is 2.29. The quantitative estimate of drug-likeness (QED) is 0.740. The third kappa shape index (κ3) is 4.13. The number of nitrogens with zero attached hydrogens (tertiary/aromatic N) is 2. The fourth-order valence-corrected chi connectivity index (χ4v) is 3.72. The van der Waals surface area contributed by atoms with Crippen molar-refractivity contribution in [1.29, 1.82) is 0 Å². The Bertz CT molecular complexity index is 675. The fraction of sp³-hybridized carbons (Fsp3) is 0.471. The molecule has 134 valence electrons. The number of amides is 2. The fourth-order valence-electron chi connectivity index (χ4n) is 2.78. The lowest BCUT2D eigenvalue weighted by molar-refractivity contribution is -0.160. The number of hydrogen-bond acceptors (Lipinski definition) is 6. The summed E-state index contributed by atoms with van der Waals surface area (Å²) in [6, 6.07) is 7.42. The highest BCUT2D eigenvalue weighted by molar-refractivity contribution is 8.00. The maximum absolute atomic E-state index is 12.3. The normalized spacial score (nSPS) is 18.5. The van der Waals surface area contributed by atoms with Crippen molar-refractivity contribution in [3.8, 4) is 0 Å². The van der Waals surface area contributed by atoms with Crippen LogP contribution in [0.15, 0.2) is 29.2 Å². The summed E-state index contributed by atoms with van der Waals surface area (Å²) in [5.41, 5.74) is 0.702.